The zero-order valence-electron chi connectivity index (χ0n) is 42.3. The molecule has 0 aliphatic rings. The molecular weight excluding hydrogens is 783 g/mol. The molecule has 0 heterocycles. The first-order valence-corrected chi connectivity index (χ1v) is 27.5. The number of carbonyl (C=O) groups is 1. The van der Waals surface area contributed by atoms with Crippen molar-refractivity contribution in [3.63, 3.8) is 0 Å². The zero-order chi connectivity index (χ0) is 46.3. The molecule has 0 radical (unpaired) electrons. The van der Waals surface area contributed by atoms with E-state index in [1.807, 2.05) is 6.08 Å². The summed E-state index contributed by atoms with van der Waals surface area (Å²) < 4.78 is 0. The predicted octanol–water partition coefficient (Wildman–Crippen LogP) is 18.1. The zero-order valence-corrected chi connectivity index (χ0v) is 42.3. The molecule has 0 aliphatic carbocycles. The molecule has 0 aromatic rings. The second-order valence-electron chi connectivity index (χ2n) is 18.3. The Morgan fingerprint density at radius 2 is 0.703 bits per heavy atom. The summed E-state index contributed by atoms with van der Waals surface area (Å²) >= 11 is 0. The van der Waals surface area contributed by atoms with Crippen molar-refractivity contribution >= 4 is 5.91 Å². The van der Waals surface area contributed by atoms with Crippen molar-refractivity contribution in [2.24, 2.45) is 0 Å². The summed E-state index contributed by atoms with van der Waals surface area (Å²) in [5.41, 5.74) is 0. The van der Waals surface area contributed by atoms with Gasteiger partial charge in [0.25, 0.3) is 0 Å². The molecule has 4 nitrogen and oxygen atoms in total. The van der Waals surface area contributed by atoms with E-state index in [9.17, 15) is 15.0 Å². The van der Waals surface area contributed by atoms with Crippen molar-refractivity contribution in [1.29, 1.82) is 0 Å². The van der Waals surface area contributed by atoms with Crippen LogP contribution in [0, 0.1) is 0 Å². The molecule has 64 heavy (non-hydrogen) atoms. The van der Waals surface area contributed by atoms with Gasteiger partial charge in [-0.15, -0.1) is 0 Å². The van der Waals surface area contributed by atoms with Crippen LogP contribution in [0.15, 0.2) is 97.2 Å². The van der Waals surface area contributed by atoms with Gasteiger partial charge in [0.05, 0.1) is 18.8 Å². The van der Waals surface area contributed by atoms with E-state index >= 15 is 0 Å². The molecule has 0 aliphatic heterocycles. The topological polar surface area (TPSA) is 69.6 Å². The van der Waals surface area contributed by atoms with E-state index in [-0.39, 0.29) is 12.5 Å². The third kappa shape index (κ3) is 50.3. The highest BCUT2D eigenvalue weighted by Crippen LogP contribution is 2.15. The average molecular weight is 889 g/mol. The van der Waals surface area contributed by atoms with Crippen molar-refractivity contribution in [2.75, 3.05) is 6.61 Å². The molecule has 0 saturated carbocycles. The van der Waals surface area contributed by atoms with Gasteiger partial charge in [-0.3, -0.25) is 4.79 Å². The maximum absolute atomic E-state index is 12.5. The number of hydrogen-bond acceptors (Lipinski definition) is 3. The maximum Gasteiger partial charge on any atom is 0.220 e. The van der Waals surface area contributed by atoms with Gasteiger partial charge in [0.15, 0.2) is 0 Å². The molecule has 368 valence electrons. The Balaban J connectivity index is 3.58. The fraction of sp³-hybridized carbons (Fsp3) is 0.717. The van der Waals surface area contributed by atoms with Gasteiger partial charge in [-0.1, -0.05) is 265 Å². The Hall–Kier alpha value is -2.69. The van der Waals surface area contributed by atoms with Crippen molar-refractivity contribution in [3.8, 4) is 0 Å². The minimum absolute atomic E-state index is 0.0782. The van der Waals surface area contributed by atoms with E-state index in [1.165, 1.54) is 167 Å². The van der Waals surface area contributed by atoms with Gasteiger partial charge < -0.3 is 15.5 Å². The summed E-state index contributed by atoms with van der Waals surface area (Å²) in [7, 11) is 0. The minimum Gasteiger partial charge on any atom is -0.394 e. The van der Waals surface area contributed by atoms with E-state index in [0.29, 0.717) is 6.42 Å². The van der Waals surface area contributed by atoms with Gasteiger partial charge in [-0.2, -0.15) is 0 Å². The van der Waals surface area contributed by atoms with Crippen LogP contribution in [0.25, 0.3) is 0 Å². The molecule has 3 N–H and O–H groups in total. The summed E-state index contributed by atoms with van der Waals surface area (Å²) in [5.74, 6) is -0.0782. The fourth-order valence-corrected chi connectivity index (χ4v) is 7.90. The third-order valence-corrected chi connectivity index (χ3v) is 12.1. The van der Waals surface area contributed by atoms with Gasteiger partial charge in [0.1, 0.15) is 0 Å². The quantitative estimate of drug-likeness (QED) is 0.0421. The molecule has 1 amide bonds. The molecular formula is C60H105NO3. The minimum atomic E-state index is -0.869. The van der Waals surface area contributed by atoms with E-state index < -0.39 is 12.1 Å². The molecule has 0 spiro atoms. The van der Waals surface area contributed by atoms with Crippen molar-refractivity contribution < 1.29 is 15.0 Å². The molecule has 0 saturated heterocycles. The monoisotopic (exact) mass is 888 g/mol. The maximum atomic E-state index is 12.5. The van der Waals surface area contributed by atoms with Crippen LogP contribution in [0.4, 0.5) is 0 Å². The Bertz CT molecular complexity index is 1190. The first-order valence-electron chi connectivity index (χ1n) is 27.5. The lowest BCUT2D eigenvalue weighted by Gasteiger charge is -2.19. The standard InChI is InChI=1S/C60H105NO3/c1-3-5-7-9-11-13-15-17-19-21-23-25-26-27-28-29-30-31-32-33-34-36-38-40-42-44-46-48-50-52-54-56-60(64)61-58(57-62)59(63)55-53-51-49-47-45-43-41-39-37-35-24-22-20-18-16-14-12-10-8-6-4-2/h5,7,11,13,17,19,23,25,27-28,30-31,45,47,53,55,58-59,62-63H,3-4,6,8-10,12,14-16,18,20-22,24,26,29,32-44,46,48-52,54,56-57H2,1-2H3,(H,61,64)/b7-5-,13-11-,19-17-,25-23-,28-27-,31-30-,47-45+,55-53+. The van der Waals surface area contributed by atoms with Crippen LogP contribution in [0.2, 0.25) is 0 Å². The molecule has 2 unspecified atom stereocenters. The van der Waals surface area contributed by atoms with Gasteiger partial charge in [0.2, 0.25) is 5.91 Å². The third-order valence-electron chi connectivity index (χ3n) is 12.1. The summed E-state index contributed by atoms with van der Waals surface area (Å²) in [6.45, 7) is 4.19. The van der Waals surface area contributed by atoms with Crippen LogP contribution in [-0.2, 0) is 4.79 Å². The van der Waals surface area contributed by atoms with Crippen molar-refractivity contribution in [3.05, 3.63) is 97.2 Å². The fourth-order valence-electron chi connectivity index (χ4n) is 7.90. The lowest BCUT2D eigenvalue weighted by molar-refractivity contribution is -0.123. The summed E-state index contributed by atoms with van der Waals surface area (Å²) in [6, 6.07) is -0.646. The molecule has 0 aromatic carbocycles. The Kier molecular flexibility index (Phi) is 52.3. The number of aliphatic hydroxyl groups excluding tert-OH is 2. The lowest BCUT2D eigenvalue weighted by atomic mass is 10.0. The van der Waals surface area contributed by atoms with E-state index in [2.05, 4.69) is 104 Å². The van der Waals surface area contributed by atoms with Crippen LogP contribution in [0.3, 0.4) is 0 Å². The normalized spacial score (nSPS) is 13.6. The van der Waals surface area contributed by atoms with E-state index in [4.69, 9.17) is 0 Å². The highest BCUT2D eigenvalue weighted by Gasteiger charge is 2.17. The molecule has 0 bridgehead atoms. The van der Waals surface area contributed by atoms with Crippen LogP contribution < -0.4 is 5.32 Å². The van der Waals surface area contributed by atoms with E-state index in [0.717, 1.165) is 70.6 Å². The Morgan fingerprint density at radius 3 is 1.09 bits per heavy atom. The predicted molar refractivity (Wildman–Crippen MR) is 285 cm³/mol. The molecule has 2 atom stereocenters. The Labute approximate surface area is 398 Å². The molecule has 0 rings (SSSR count). The van der Waals surface area contributed by atoms with Crippen LogP contribution >= 0.6 is 0 Å². The lowest BCUT2D eigenvalue weighted by Crippen LogP contribution is -2.45. The van der Waals surface area contributed by atoms with Crippen molar-refractivity contribution in [1.82, 2.24) is 5.32 Å². The van der Waals surface area contributed by atoms with Crippen LogP contribution in [0.5, 0.6) is 0 Å². The highest BCUT2D eigenvalue weighted by atomic mass is 16.3. The largest absolute Gasteiger partial charge is 0.394 e. The molecule has 0 fully saturated rings. The number of allylic oxidation sites excluding steroid dienone is 15. The SMILES string of the molecule is CC/C=C\C/C=C\C/C=C\C/C=C\C/C=C\C/C=C\CCCCCCCCCCCCCCC(=O)NC(CO)C(O)/C=C/CC/C=C/CCCCCCCCCCCCCCCCC. The van der Waals surface area contributed by atoms with Gasteiger partial charge in [0, 0.05) is 6.42 Å². The summed E-state index contributed by atoms with van der Waals surface area (Å²) in [4.78, 5) is 12.5. The number of hydrogen-bond donors (Lipinski definition) is 3. The average Bonchev–Trinajstić information content (AvgIpc) is 3.30. The number of nitrogens with one attached hydrogen (secondary N) is 1. The second kappa shape index (κ2) is 54.6. The number of amides is 1. The first kappa shape index (κ1) is 61.3. The molecule has 0 aromatic heterocycles. The molecule has 4 heteroatoms. The number of unbranched alkanes of at least 4 members (excludes halogenated alkanes) is 28. The second-order valence-corrected chi connectivity index (χ2v) is 18.3. The highest BCUT2D eigenvalue weighted by molar-refractivity contribution is 5.76. The summed E-state index contributed by atoms with van der Waals surface area (Å²) in [6.07, 6.45) is 81.3. The van der Waals surface area contributed by atoms with Crippen LogP contribution in [-0.4, -0.2) is 34.9 Å². The summed E-state index contributed by atoms with van der Waals surface area (Å²) in [5, 5.41) is 23.1. The number of carbonyl (C=O) groups excluding carboxylic acids is 1. The van der Waals surface area contributed by atoms with Crippen molar-refractivity contribution in [2.45, 2.75) is 270 Å². The number of aliphatic hydroxyl groups is 2. The van der Waals surface area contributed by atoms with Gasteiger partial charge in [-0.05, 0) is 83.5 Å². The smallest absolute Gasteiger partial charge is 0.220 e. The van der Waals surface area contributed by atoms with E-state index in [1.54, 1.807) is 6.08 Å². The van der Waals surface area contributed by atoms with Gasteiger partial charge in [-0.25, -0.2) is 0 Å². The van der Waals surface area contributed by atoms with Gasteiger partial charge >= 0.3 is 0 Å². The first-order chi connectivity index (χ1) is 31.7. The number of rotatable bonds is 49. The van der Waals surface area contributed by atoms with Crippen LogP contribution in [0.1, 0.15) is 258 Å². The Morgan fingerprint density at radius 1 is 0.391 bits per heavy atom.